The fourth-order valence-corrected chi connectivity index (χ4v) is 5.50. The zero-order valence-electron chi connectivity index (χ0n) is 22.7. The van der Waals surface area contributed by atoms with E-state index < -0.39 is 29.0 Å². The predicted octanol–water partition coefficient (Wildman–Crippen LogP) is 4.70. The lowest BCUT2D eigenvalue weighted by Gasteiger charge is -2.40. The molecule has 1 saturated heterocycles. The second kappa shape index (κ2) is 11.5. The zero-order valence-corrected chi connectivity index (χ0v) is 24.3. The maximum Gasteiger partial charge on any atom is 0.408 e. The van der Waals surface area contributed by atoms with Crippen molar-refractivity contribution in [1.82, 2.24) is 15.2 Å². The van der Waals surface area contributed by atoms with Gasteiger partial charge in [-0.2, -0.15) is 5.10 Å². The van der Waals surface area contributed by atoms with E-state index >= 15 is 0 Å². The smallest absolute Gasteiger partial charge is 0.408 e. The quantitative estimate of drug-likeness (QED) is 0.498. The average molecular weight is 602 g/mol. The van der Waals surface area contributed by atoms with E-state index in [4.69, 9.17) is 4.74 Å². The van der Waals surface area contributed by atoms with Crippen LogP contribution < -0.4 is 5.32 Å². The topological polar surface area (TPSA) is 91.3 Å². The molecule has 2 aromatic carbocycles. The number of hydrogen-bond acceptors (Lipinski definition) is 5. The van der Waals surface area contributed by atoms with Crippen molar-refractivity contribution in [2.75, 3.05) is 20.1 Å². The predicted molar refractivity (Wildman–Crippen MR) is 150 cm³/mol. The van der Waals surface area contributed by atoms with Crippen LogP contribution in [0.4, 0.5) is 9.18 Å². The van der Waals surface area contributed by atoms with E-state index in [1.165, 1.54) is 11.1 Å². The highest BCUT2D eigenvalue weighted by Gasteiger charge is 2.53. The summed E-state index contributed by atoms with van der Waals surface area (Å²) in [6.07, 6.45) is 0.506. The van der Waals surface area contributed by atoms with Crippen LogP contribution in [0.3, 0.4) is 0 Å². The van der Waals surface area contributed by atoms with Gasteiger partial charge in [0.05, 0.1) is 5.71 Å². The second-order valence-corrected chi connectivity index (χ2v) is 12.0. The van der Waals surface area contributed by atoms with Gasteiger partial charge >= 0.3 is 6.09 Å². The lowest BCUT2D eigenvalue weighted by Crippen LogP contribution is -2.59. The third-order valence-electron chi connectivity index (χ3n) is 6.97. The number of carbonyl (C=O) groups is 3. The molecule has 3 amide bonds. The maximum atomic E-state index is 14.5. The number of hydrazone groups is 1. The number of carbonyl (C=O) groups excluding carboxylic acids is 3. The number of fused-ring (bicyclic) bond motifs is 1. The number of likely N-dealkylation sites (tertiary alicyclic amines) is 1. The van der Waals surface area contributed by atoms with Crippen molar-refractivity contribution < 1.29 is 23.5 Å². The Hall–Kier alpha value is -3.27. The molecule has 1 N–H and O–H groups in total. The summed E-state index contributed by atoms with van der Waals surface area (Å²) < 4.78 is 20.6. The largest absolute Gasteiger partial charge is 0.444 e. The molecule has 2 aliphatic heterocycles. The first-order valence-corrected chi connectivity index (χ1v) is 13.8. The highest BCUT2D eigenvalue weighted by atomic mass is 79.9. The first-order valence-electron chi connectivity index (χ1n) is 13.0. The van der Waals surface area contributed by atoms with Gasteiger partial charge in [0, 0.05) is 31.0 Å². The number of nitrogens with one attached hydrogen (secondary N) is 1. The minimum atomic E-state index is -0.974. The summed E-state index contributed by atoms with van der Waals surface area (Å²) in [7, 11) is 1.63. The van der Waals surface area contributed by atoms with Crippen LogP contribution in [0.2, 0.25) is 0 Å². The number of halogens is 2. The Morgan fingerprint density at radius 2 is 1.92 bits per heavy atom. The van der Waals surface area contributed by atoms with Crippen LogP contribution in [-0.4, -0.2) is 65.3 Å². The van der Waals surface area contributed by atoms with Gasteiger partial charge < -0.3 is 15.0 Å². The van der Waals surface area contributed by atoms with E-state index in [1.54, 1.807) is 44.9 Å². The minimum Gasteiger partial charge on any atom is -0.444 e. The van der Waals surface area contributed by atoms with Crippen LogP contribution in [0.25, 0.3) is 0 Å². The summed E-state index contributed by atoms with van der Waals surface area (Å²) in [6, 6.07) is 13.4. The lowest BCUT2D eigenvalue weighted by molar-refractivity contribution is -0.140. The molecule has 0 bridgehead atoms. The Labute approximate surface area is 236 Å². The van der Waals surface area contributed by atoms with Crippen LogP contribution >= 0.6 is 15.9 Å². The number of amides is 3. The van der Waals surface area contributed by atoms with Crippen LogP contribution in [0.1, 0.15) is 44.7 Å². The molecule has 208 valence electrons. The molecule has 8 nitrogen and oxygen atoms in total. The number of nitrogens with zero attached hydrogens (tertiary/aromatic N) is 3. The first-order chi connectivity index (χ1) is 18.4. The van der Waals surface area contributed by atoms with Gasteiger partial charge in [-0.1, -0.05) is 52.3 Å². The van der Waals surface area contributed by atoms with E-state index in [-0.39, 0.29) is 31.2 Å². The van der Waals surface area contributed by atoms with Gasteiger partial charge in [-0.3, -0.25) is 9.59 Å². The van der Waals surface area contributed by atoms with E-state index in [0.29, 0.717) is 29.4 Å². The van der Waals surface area contributed by atoms with Crippen molar-refractivity contribution in [3.63, 3.8) is 0 Å². The van der Waals surface area contributed by atoms with E-state index in [0.717, 1.165) is 11.3 Å². The number of ether oxygens (including phenoxy) is 1. The fourth-order valence-electron chi connectivity index (χ4n) is 5.17. The van der Waals surface area contributed by atoms with Gasteiger partial charge in [0.15, 0.2) is 0 Å². The Morgan fingerprint density at radius 3 is 2.59 bits per heavy atom. The van der Waals surface area contributed by atoms with Crippen molar-refractivity contribution in [2.24, 2.45) is 10.5 Å². The summed E-state index contributed by atoms with van der Waals surface area (Å²) in [4.78, 5) is 41.7. The Bertz CT molecular complexity index is 1280. The Balaban J connectivity index is 1.58. The monoisotopic (exact) mass is 600 g/mol. The summed E-state index contributed by atoms with van der Waals surface area (Å²) in [5.74, 6) is -0.896. The standard InChI is InChI=1S/C29H34BrFN4O4/c1-28(2,3)39-27(38)32-23(13-11-20-10-12-21(30)16-22(20)31)25(36)35-15-14-24-29(18-35,26(37)34(4)33-24)17-19-8-6-5-7-9-19/h5-10,12,16,23H,11,13-15,17-18H2,1-4H3,(H,32,38)/t23?,29-/m1/s1. The molecule has 1 unspecified atom stereocenters. The number of alkyl carbamates (subject to hydrolysis) is 1. The molecular weight excluding hydrogens is 567 g/mol. The summed E-state index contributed by atoms with van der Waals surface area (Å²) >= 11 is 3.26. The van der Waals surface area contributed by atoms with Crippen LogP contribution in [-0.2, 0) is 27.2 Å². The summed E-state index contributed by atoms with van der Waals surface area (Å²) in [5.41, 5.74) is 0.433. The normalized spacial score (nSPS) is 19.8. The third kappa shape index (κ3) is 6.66. The number of benzene rings is 2. The molecule has 2 atom stereocenters. The lowest BCUT2D eigenvalue weighted by atomic mass is 9.73. The van der Waals surface area contributed by atoms with E-state index in [1.807, 2.05) is 30.3 Å². The van der Waals surface area contributed by atoms with Crippen LogP contribution in [0.5, 0.6) is 0 Å². The highest BCUT2D eigenvalue weighted by molar-refractivity contribution is 9.10. The van der Waals surface area contributed by atoms with Crippen LogP contribution in [0, 0.1) is 11.2 Å². The van der Waals surface area contributed by atoms with Gasteiger partial charge in [-0.05, 0) is 63.3 Å². The van der Waals surface area contributed by atoms with Gasteiger partial charge in [0.25, 0.3) is 5.91 Å². The van der Waals surface area contributed by atoms with E-state index in [2.05, 4.69) is 26.3 Å². The molecule has 2 heterocycles. The minimum absolute atomic E-state index is 0.141. The molecule has 39 heavy (non-hydrogen) atoms. The molecule has 0 aromatic heterocycles. The molecular formula is C29H34BrFN4O4. The maximum absolute atomic E-state index is 14.5. The van der Waals surface area contributed by atoms with Gasteiger partial charge in [0.1, 0.15) is 22.9 Å². The molecule has 1 fully saturated rings. The van der Waals surface area contributed by atoms with Crippen molar-refractivity contribution in [2.45, 2.75) is 58.1 Å². The van der Waals surface area contributed by atoms with Crippen LogP contribution in [0.15, 0.2) is 58.1 Å². The van der Waals surface area contributed by atoms with Crippen molar-refractivity contribution in [1.29, 1.82) is 0 Å². The molecule has 0 saturated carbocycles. The molecule has 0 spiro atoms. The summed E-state index contributed by atoms with van der Waals surface area (Å²) in [5, 5.41) is 8.57. The molecule has 4 rings (SSSR count). The molecule has 0 radical (unpaired) electrons. The van der Waals surface area contributed by atoms with Gasteiger partial charge in [-0.25, -0.2) is 14.2 Å². The third-order valence-corrected chi connectivity index (χ3v) is 7.47. The number of aryl methyl sites for hydroxylation is 1. The average Bonchev–Trinajstić information content (AvgIpc) is 3.10. The van der Waals surface area contributed by atoms with Crippen molar-refractivity contribution >= 4 is 39.5 Å². The van der Waals surface area contributed by atoms with Crippen molar-refractivity contribution in [3.05, 3.63) is 69.9 Å². The first kappa shape index (κ1) is 28.7. The molecule has 2 aromatic rings. The second-order valence-electron chi connectivity index (χ2n) is 11.1. The van der Waals surface area contributed by atoms with Gasteiger partial charge in [0.2, 0.25) is 5.91 Å². The Kier molecular flexibility index (Phi) is 8.44. The molecule has 2 aliphatic rings. The Morgan fingerprint density at radius 1 is 1.21 bits per heavy atom. The number of rotatable bonds is 7. The number of hydrogen-bond donors (Lipinski definition) is 1. The zero-order chi connectivity index (χ0) is 28.4. The molecule has 0 aliphatic carbocycles. The SMILES string of the molecule is CN1N=C2CCN(C(=O)C(CCc3ccc(Br)cc3F)NC(=O)OC(C)(C)C)C[C@@]2(Cc2ccccc2)C1=O. The van der Waals surface area contributed by atoms with E-state index in [9.17, 15) is 18.8 Å². The highest BCUT2D eigenvalue weighted by Crippen LogP contribution is 2.38. The van der Waals surface area contributed by atoms with Crippen molar-refractivity contribution in [3.8, 4) is 0 Å². The number of piperidine rings is 1. The molecule has 10 heteroatoms. The fraction of sp³-hybridized carbons (Fsp3) is 0.448. The van der Waals surface area contributed by atoms with Gasteiger partial charge in [-0.15, -0.1) is 0 Å². The summed E-state index contributed by atoms with van der Waals surface area (Å²) in [6.45, 7) is 5.71.